The molecular weight excluding hydrogens is 338 g/mol. The smallest absolute Gasteiger partial charge is 0.255 e. The molecule has 0 saturated heterocycles. The minimum Gasteiger partial charge on any atom is -0.506 e. The summed E-state index contributed by atoms with van der Waals surface area (Å²) in [4.78, 5) is 11.8. The number of nitrogens with one attached hydrogen (secondary N) is 1. The highest BCUT2D eigenvalue weighted by atomic mass is 79.9. The molecule has 1 aromatic rings. The number of aromatic hydroxyl groups is 1. The van der Waals surface area contributed by atoms with Crippen LogP contribution in [0.3, 0.4) is 0 Å². The van der Waals surface area contributed by atoms with Gasteiger partial charge in [0.1, 0.15) is 5.75 Å². The van der Waals surface area contributed by atoms with E-state index < -0.39 is 0 Å². The average Bonchev–Trinajstić information content (AvgIpc) is 3.03. The monoisotopic (exact) mass is 347 g/mol. The van der Waals surface area contributed by atoms with Crippen molar-refractivity contribution in [1.82, 2.24) is 5.32 Å². The number of carbonyl (C=O) groups is 1. The Hall–Kier alpha value is -0.550. The van der Waals surface area contributed by atoms with Gasteiger partial charge >= 0.3 is 0 Å². The zero-order chi connectivity index (χ0) is 11.7. The molecule has 0 aliphatic heterocycles. The molecule has 1 fully saturated rings. The molecule has 0 unspecified atom stereocenters. The Balaban J connectivity index is 2.14. The van der Waals surface area contributed by atoms with Gasteiger partial charge < -0.3 is 10.4 Å². The number of hydrogen-bond donors (Lipinski definition) is 2. The average molecular weight is 349 g/mol. The summed E-state index contributed by atoms with van der Waals surface area (Å²) in [5.74, 6) is 0.379. The molecule has 86 valence electrons. The van der Waals surface area contributed by atoms with Crippen LogP contribution in [0.2, 0.25) is 0 Å². The van der Waals surface area contributed by atoms with Crippen LogP contribution in [-0.2, 0) is 0 Å². The van der Waals surface area contributed by atoms with Crippen LogP contribution in [0.15, 0.2) is 21.1 Å². The summed E-state index contributed by atoms with van der Waals surface area (Å²) >= 11 is 6.48. The Morgan fingerprint density at radius 2 is 2.12 bits per heavy atom. The van der Waals surface area contributed by atoms with Gasteiger partial charge in [-0.05, 0) is 46.8 Å². The number of amides is 1. The van der Waals surface area contributed by atoms with Crippen molar-refractivity contribution < 1.29 is 9.90 Å². The highest BCUT2D eigenvalue weighted by Gasteiger charge is 2.23. The van der Waals surface area contributed by atoms with Crippen molar-refractivity contribution in [2.24, 2.45) is 5.92 Å². The third kappa shape index (κ3) is 2.77. The molecular formula is C11H11Br2NO2. The van der Waals surface area contributed by atoms with Crippen LogP contribution in [0, 0.1) is 5.92 Å². The van der Waals surface area contributed by atoms with Crippen LogP contribution >= 0.6 is 31.9 Å². The molecule has 1 saturated carbocycles. The van der Waals surface area contributed by atoms with E-state index in [0.717, 1.165) is 4.47 Å². The van der Waals surface area contributed by atoms with Gasteiger partial charge in [-0.25, -0.2) is 0 Å². The Morgan fingerprint density at radius 3 is 2.75 bits per heavy atom. The number of hydrogen-bond acceptors (Lipinski definition) is 2. The first-order valence-corrected chi connectivity index (χ1v) is 6.62. The fraction of sp³-hybridized carbons (Fsp3) is 0.364. The van der Waals surface area contributed by atoms with Crippen molar-refractivity contribution in [3.63, 3.8) is 0 Å². The molecule has 0 heterocycles. The van der Waals surface area contributed by atoms with E-state index in [0.29, 0.717) is 22.5 Å². The largest absolute Gasteiger partial charge is 0.506 e. The van der Waals surface area contributed by atoms with Gasteiger partial charge in [-0.3, -0.25) is 4.79 Å². The second kappa shape index (κ2) is 4.75. The molecule has 1 aromatic carbocycles. The zero-order valence-corrected chi connectivity index (χ0v) is 11.6. The van der Waals surface area contributed by atoms with Crippen LogP contribution in [0.1, 0.15) is 23.2 Å². The predicted molar refractivity (Wildman–Crippen MR) is 68.6 cm³/mol. The van der Waals surface area contributed by atoms with Crippen molar-refractivity contribution in [3.8, 4) is 5.75 Å². The maximum Gasteiger partial charge on any atom is 0.255 e. The fourth-order valence-corrected chi connectivity index (χ4v) is 2.62. The number of phenols is 1. The van der Waals surface area contributed by atoms with Crippen molar-refractivity contribution in [2.75, 3.05) is 6.54 Å². The van der Waals surface area contributed by atoms with E-state index in [1.807, 2.05) is 0 Å². The number of rotatable bonds is 3. The summed E-state index contributed by atoms with van der Waals surface area (Å²) in [5.41, 5.74) is 0.293. The highest BCUT2D eigenvalue weighted by molar-refractivity contribution is 9.11. The third-order valence-corrected chi connectivity index (χ3v) is 3.58. The Labute approximate surface area is 110 Å². The Morgan fingerprint density at radius 1 is 1.44 bits per heavy atom. The van der Waals surface area contributed by atoms with Gasteiger partial charge in [-0.1, -0.05) is 15.9 Å². The lowest BCUT2D eigenvalue weighted by Gasteiger charge is -2.08. The first kappa shape index (κ1) is 11.9. The molecule has 1 aliphatic rings. The van der Waals surface area contributed by atoms with E-state index in [1.165, 1.54) is 12.8 Å². The van der Waals surface area contributed by atoms with Gasteiger partial charge in [-0.2, -0.15) is 0 Å². The maximum absolute atomic E-state index is 11.8. The topological polar surface area (TPSA) is 49.3 Å². The second-order valence-corrected chi connectivity index (χ2v) is 5.71. The summed E-state index contributed by atoms with van der Waals surface area (Å²) in [6.07, 6.45) is 2.38. The van der Waals surface area contributed by atoms with Gasteiger partial charge in [0.2, 0.25) is 0 Å². The third-order valence-electron chi connectivity index (χ3n) is 2.52. The molecule has 1 amide bonds. The van der Waals surface area contributed by atoms with E-state index in [1.54, 1.807) is 12.1 Å². The van der Waals surface area contributed by atoms with Crippen LogP contribution in [0.4, 0.5) is 0 Å². The normalized spacial score (nSPS) is 14.9. The number of phenolic OH excluding ortho intramolecular Hbond substituents is 1. The molecule has 5 heteroatoms. The van der Waals surface area contributed by atoms with Crippen LogP contribution in [0.5, 0.6) is 5.75 Å². The summed E-state index contributed by atoms with van der Waals surface area (Å²) in [6.45, 7) is 0.697. The quantitative estimate of drug-likeness (QED) is 0.881. The zero-order valence-electron chi connectivity index (χ0n) is 8.46. The molecule has 0 bridgehead atoms. The summed E-state index contributed by atoms with van der Waals surface area (Å²) in [6, 6.07) is 3.31. The van der Waals surface area contributed by atoms with E-state index in [2.05, 4.69) is 37.2 Å². The van der Waals surface area contributed by atoms with E-state index >= 15 is 0 Å². The van der Waals surface area contributed by atoms with E-state index in [9.17, 15) is 9.90 Å². The molecule has 0 spiro atoms. The molecule has 16 heavy (non-hydrogen) atoms. The van der Waals surface area contributed by atoms with Gasteiger partial charge in [0, 0.05) is 11.0 Å². The molecule has 3 nitrogen and oxygen atoms in total. The minimum absolute atomic E-state index is 0.0171. The second-order valence-electron chi connectivity index (χ2n) is 3.94. The predicted octanol–water partition coefficient (Wildman–Crippen LogP) is 3.06. The van der Waals surface area contributed by atoms with Gasteiger partial charge in [-0.15, -0.1) is 0 Å². The maximum atomic E-state index is 11.8. The molecule has 0 radical (unpaired) electrons. The van der Waals surface area contributed by atoms with Gasteiger partial charge in [0.15, 0.2) is 0 Å². The highest BCUT2D eigenvalue weighted by Crippen LogP contribution is 2.32. The van der Waals surface area contributed by atoms with Crippen LogP contribution in [0.25, 0.3) is 0 Å². The number of carbonyl (C=O) groups excluding carboxylic acids is 1. The first-order chi connectivity index (χ1) is 7.58. The SMILES string of the molecule is O=C(NCC1CC1)c1cc(Br)cc(Br)c1O. The van der Waals surface area contributed by atoms with Crippen molar-refractivity contribution in [1.29, 1.82) is 0 Å². The van der Waals surface area contributed by atoms with E-state index in [4.69, 9.17) is 0 Å². The lowest BCUT2D eigenvalue weighted by molar-refractivity contribution is 0.0949. The summed E-state index contributed by atoms with van der Waals surface area (Å²) in [5, 5.41) is 12.6. The van der Waals surface area contributed by atoms with Gasteiger partial charge in [0.05, 0.1) is 10.0 Å². The molecule has 2 N–H and O–H groups in total. The Kier molecular flexibility index (Phi) is 3.54. The Bertz CT molecular complexity index is 430. The van der Waals surface area contributed by atoms with Crippen LogP contribution in [-0.4, -0.2) is 17.6 Å². The van der Waals surface area contributed by atoms with Crippen LogP contribution < -0.4 is 5.32 Å². The standard InChI is InChI=1S/C11H11Br2NO2/c12-7-3-8(10(15)9(13)4-7)11(16)14-5-6-1-2-6/h3-4,6,15H,1-2,5H2,(H,14,16). The number of halogens is 2. The lowest BCUT2D eigenvalue weighted by atomic mass is 10.2. The molecule has 2 rings (SSSR count). The van der Waals surface area contributed by atoms with E-state index in [-0.39, 0.29) is 11.7 Å². The minimum atomic E-state index is -0.230. The molecule has 0 atom stereocenters. The van der Waals surface area contributed by atoms with Gasteiger partial charge in [0.25, 0.3) is 5.91 Å². The number of benzene rings is 1. The fourth-order valence-electron chi connectivity index (χ4n) is 1.39. The van der Waals surface area contributed by atoms with Crippen molar-refractivity contribution in [3.05, 3.63) is 26.6 Å². The molecule has 1 aliphatic carbocycles. The summed E-state index contributed by atoms with van der Waals surface area (Å²) < 4.78 is 1.27. The van der Waals surface area contributed by atoms with Crippen molar-refractivity contribution in [2.45, 2.75) is 12.8 Å². The molecule has 0 aromatic heterocycles. The summed E-state index contributed by atoms with van der Waals surface area (Å²) in [7, 11) is 0. The lowest BCUT2D eigenvalue weighted by Crippen LogP contribution is -2.25. The van der Waals surface area contributed by atoms with Crippen molar-refractivity contribution >= 4 is 37.8 Å². The first-order valence-electron chi connectivity index (χ1n) is 5.04.